The predicted octanol–water partition coefficient (Wildman–Crippen LogP) is 1.29. The summed E-state index contributed by atoms with van der Waals surface area (Å²) < 4.78 is 10.1. The summed E-state index contributed by atoms with van der Waals surface area (Å²) in [5.74, 6) is 0.578. The van der Waals surface area contributed by atoms with E-state index in [0.717, 1.165) is 0 Å². The van der Waals surface area contributed by atoms with Gasteiger partial charge in [-0.15, -0.1) is 0 Å². The van der Waals surface area contributed by atoms with Crippen molar-refractivity contribution in [1.29, 1.82) is 0 Å². The van der Waals surface area contributed by atoms with Crippen LogP contribution in [-0.2, 0) is 4.74 Å². The van der Waals surface area contributed by atoms with Crippen molar-refractivity contribution in [1.82, 2.24) is 5.32 Å². The van der Waals surface area contributed by atoms with Gasteiger partial charge in [0.05, 0.1) is 19.3 Å². The topological polar surface area (TPSA) is 73.6 Å². The first kappa shape index (κ1) is 14.3. The van der Waals surface area contributed by atoms with E-state index in [9.17, 15) is 4.79 Å². The fourth-order valence-corrected chi connectivity index (χ4v) is 1.61. The average molecular weight is 252 g/mol. The Bertz CT molecular complexity index is 407. The molecule has 1 amide bonds. The van der Waals surface area contributed by atoms with E-state index in [1.165, 1.54) is 7.11 Å². The number of nitrogens with two attached hydrogens (primary N) is 1. The maximum Gasteiger partial charge on any atom is 0.255 e. The largest absolute Gasteiger partial charge is 0.496 e. The summed E-state index contributed by atoms with van der Waals surface area (Å²) in [7, 11) is 3.16. The molecule has 0 aliphatic carbocycles. The SMILES string of the molecule is COCC(C)CNC(=O)c1cc(N)ccc1OC. The van der Waals surface area contributed by atoms with Crippen LogP contribution in [0.2, 0.25) is 0 Å². The number of carbonyl (C=O) groups is 1. The van der Waals surface area contributed by atoms with Crippen LogP contribution in [0.5, 0.6) is 5.75 Å². The summed E-state index contributed by atoms with van der Waals surface area (Å²) in [6.07, 6.45) is 0. The highest BCUT2D eigenvalue weighted by molar-refractivity contribution is 5.97. The molecule has 1 unspecified atom stereocenters. The molecule has 1 atom stereocenters. The van der Waals surface area contributed by atoms with Gasteiger partial charge in [0.1, 0.15) is 5.75 Å². The standard InChI is InChI=1S/C13H20N2O3/c1-9(8-17-2)7-15-13(16)11-6-10(14)4-5-12(11)18-3/h4-6,9H,7-8,14H2,1-3H3,(H,15,16). The van der Waals surface area contributed by atoms with Gasteiger partial charge in [0.2, 0.25) is 0 Å². The molecule has 18 heavy (non-hydrogen) atoms. The van der Waals surface area contributed by atoms with Crippen LogP contribution in [0.4, 0.5) is 5.69 Å². The van der Waals surface area contributed by atoms with Crippen molar-refractivity contribution in [3.63, 3.8) is 0 Å². The zero-order chi connectivity index (χ0) is 13.5. The van der Waals surface area contributed by atoms with Gasteiger partial charge in [-0.25, -0.2) is 0 Å². The highest BCUT2D eigenvalue weighted by Gasteiger charge is 2.13. The number of nitrogens with one attached hydrogen (secondary N) is 1. The highest BCUT2D eigenvalue weighted by atomic mass is 16.5. The third-order valence-electron chi connectivity index (χ3n) is 2.53. The summed E-state index contributed by atoms with van der Waals surface area (Å²) in [5.41, 5.74) is 6.65. The average Bonchev–Trinajstić information content (AvgIpc) is 2.36. The van der Waals surface area contributed by atoms with Gasteiger partial charge >= 0.3 is 0 Å². The predicted molar refractivity (Wildman–Crippen MR) is 70.8 cm³/mol. The quantitative estimate of drug-likeness (QED) is 0.748. The number of rotatable bonds is 6. The second kappa shape index (κ2) is 6.86. The molecule has 0 aliphatic heterocycles. The van der Waals surface area contributed by atoms with Crippen LogP contribution >= 0.6 is 0 Å². The number of amides is 1. The van der Waals surface area contributed by atoms with Crippen molar-refractivity contribution in [3.8, 4) is 5.75 Å². The molecular weight excluding hydrogens is 232 g/mol. The molecular formula is C13H20N2O3. The first-order chi connectivity index (χ1) is 8.58. The lowest BCUT2D eigenvalue weighted by Crippen LogP contribution is -2.30. The van der Waals surface area contributed by atoms with Gasteiger partial charge in [-0.2, -0.15) is 0 Å². The lowest BCUT2D eigenvalue weighted by molar-refractivity contribution is 0.0931. The molecule has 1 rings (SSSR count). The molecule has 0 saturated carbocycles. The fraction of sp³-hybridized carbons (Fsp3) is 0.462. The lowest BCUT2D eigenvalue weighted by atomic mass is 10.1. The number of methoxy groups -OCH3 is 2. The third kappa shape index (κ3) is 3.92. The van der Waals surface area contributed by atoms with Crippen LogP contribution < -0.4 is 15.8 Å². The minimum Gasteiger partial charge on any atom is -0.496 e. The van der Waals surface area contributed by atoms with E-state index in [4.69, 9.17) is 15.2 Å². The monoisotopic (exact) mass is 252 g/mol. The van der Waals surface area contributed by atoms with E-state index in [0.29, 0.717) is 30.2 Å². The van der Waals surface area contributed by atoms with Gasteiger partial charge in [0, 0.05) is 19.3 Å². The number of nitrogen functional groups attached to an aromatic ring is 1. The molecule has 0 heterocycles. The van der Waals surface area contributed by atoms with Gasteiger partial charge < -0.3 is 20.5 Å². The Kier molecular flexibility index (Phi) is 5.45. The maximum absolute atomic E-state index is 12.0. The van der Waals surface area contributed by atoms with Crippen LogP contribution in [0, 0.1) is 5.92 Å². The minimum atomic E-state index is -0.192. The summed E-state index contributed by atoms with van der Waals surface area (Å²) in [6.45, 7) is 3.15. The van der Waals surface area contributed by atoms with E-state index in [-0.39, 0.29) is 11.8 Å². The molecule has 5 nitrogen and oxygen atoms in total. The van der Waals surface area contributed by atoms with Crippen LogP contribution in [0.15, 0.2) is 18.2 Å². The second-order valence-corrected chi connectivity index (χ2v) is 4.23. The molecule has 0 radical (unpaired) electrons. The number of benzene rings is 1. The fourth-order valence-electron chi connectivity index (χ4n) is 1.61. The summed E-state index contributed by atoms with van der Waals surface area (Å²) in [5, 5.41) is 2.83. The molecule has 0 bridgehead atoms. The van der Waals surface area contributed by atoms with E-state index in [1.54, 1.807) is 25.3 Å². The van der Waals surface area contributed by atoms with Crippen LogP contribution in [0.25, 0.3) is 0 Å². The molecule has 0 saturated heterocycles. The molecule has 0 spiro atoms. The van der Waals surface area contributed by atoms with Gasteiger partial charge in [0.15, 0.2) is 0 Å². The number of hydrogen-bond donors (Lipinski definition) is 2. The molecule has 3 N–H and O–H groups in total. The van der Waals surface area contributed by atoms with E-state index >= 15 is 0 Å². The molecule has 1 aromatic carbocycles. The van der Waals surface area contributed by atoms with Crippen molar-refractivity contribution in [3.05, 3.63) is 23.8 Å². The Morgan fingerprint density at radius 1 is 1.44 bits per heavy atom. The third-order valence-corrected chi connectivity index (χ3v) is 2.53. The van der Waals surface area contributed by atoms with Gasteiger partial charge in [-0.1, -0.05) is 6.92 Å². The number of carbonyl (C=O) groups excluding carboxylic acids is 1. The smallest absolute Gasteiger partial charge is 0.255 e. The molecule has 5 heteroatoms. The molecule has 100 valence electrons. The Hall–Kier alpha value is -1.75. The van der Waals surface area contributed by atoms with Gasteiger partial charge in [-0.05, 0) is 24.1 Å². The molecule has 0 aliphatic rings. The minimum absolute atomic E-state index is 0.192. The number of anilines is 1. The Balaban J connectivity index is 2.68. The highest BCUT2D eigenvalue weighted by Crippen LogP contribution is 2.20. The summed E-state index contributed by atoms with van der Waals surface area (Å²) in [4.78, 5) is 12.0. The van der Waals surface area contributed by atoms with Crippen molar-refractivity contribution in [2.45, 2.75) is 6.92 Å². The van der Waals surface area contributed by atoms with Crippen molar-refractivity contribution in [2.75, 3.05) is 33.1 Å². The van der Waals surface area contributed by atoms with Gasteiger partial charge in [0.25, 0.3) is 5.91 Å². The van der Waals surface area contributed by atoms with E-state index in [2.05, 4.69) is 5.32 Å². The maximum atomic E-state index is 12.0. The molecule has 1 aromatic rings. The molecule has 0 aromatic heterocycles. The van der Waals surface area contributed by atoms with Crippen LogP contribution in [0.3, 0.4) is 0 Å². The van der Waals surface area contributed by atoms with Crippen molar-refractivity contribution in [2.24, 2.45) is 5.92 Å². The van der Waals surface area contributed by atoms with E-state index in [1.807, 2.05) is 6.92 Å². The van der Waals surface area contributed by atoms with Crippen LogP contribution in [0.1, 0.15) is 17.3 Å². The van der Waals surface area contributed by atoms with E-state index < -0.39 is 0 Å². The first-order valence-corrected chi connectivity index (χ1v) is 5.79. The number of ether oxygens (including phenoxy) is 2. The Labute approximate surface area is 107 Å². The zero-order valence-corrected chi connectivity index (χ0v) is 11.0. The zero-order valence-electron chi connectivity index (χ0n) is 11.0. The van der Waals surface area contributed by atoms with Crippen molar-refractivity contribution >= 4 is 11.6 Å². The Morgan fingerprint density at radius 2 is 2.17 bits per heavy atom. The number of hydrogen-bond acceptors (Lipinski definition) is 4. The lowest BCUT2D eigenvalue weighted by Gasteiger charge is -2.13. The summed E-state index contributed by atoms with van der Waals surface area (Å²) in [6, 6.07) is 4.99. The normalized spacial score (nSPS) is 11.9. The molecule has 0 fully saturated rings. The van der Waals surface area contributed by atoms with Crippen LogP contribution in [-0.4, -0.2) is 33.3 Å². The summed E-state index contributed by atoms with van der Waals surface area (Å²) >= 11 is 0. The Morgan fingerprint density at radius 3 is 2.78 bits per heavy atom. The first-order valence-electron chi connectivity index (χ1n) is 5.79. The van der Waals surface area contributed by atoms with Crippen molar-refractivity contribution < 1.29 is 14.3 Å². The second-order valence-electron chi connectivity index (χ2n) is 4.23. The van der Waals surface area contributed by atoms with Gasteiger partial charge in [-0.3, -0.25) is 4.79 Å².